The number of thiophene rings is 1. The molecule has 1 aliphatic rings. The summed E-state index contributed by atoms with van der Waals surface area (Å²) in [6.07, 6.45) is 2.06. The second-order valence-corrected chi connectivity index (χ2v) is 9.41. The first-order chi connectivity index (χ1) is 14.8. The first kappa shape index (κ1) is 21.2. The van der Waals surface area contributed by atoms with Gasteiger partial charge in [-0.1, -0.05) is 12.1 Å². The summed E-state index contributed by atoms with van der Waals surface area (Å²) in [5.41, 5.74) is 3.11. The lowest BCUT2D eigenvalue weighted by molar-refractivity contribution is -0.139. The Hall–Kier alpha value is -2.99. The summed E-state index contributed by atoms with van der Waals surface area (Å²) in [6.45, 7) is 3.50. The second kappa shape index (κ2) is 8.63. The predicted molar refractivity (Wildman–Crippen MR) is 122 cm³/mol. The minimum Gasteiger partial charge on any atom is -0.508 e. The van der Waals surface area contributed by atoms with Crippen molar-refractivity contribution in [2.24, 2.45) is 5.92 Å². The van der Waals surface area contributed by atoms with Gasteiger partial charge in [0, 0.05) is 17.2 Å². The van der Waals surface area contributed by atoms with Crippen molar-refractivity contribution in [1.82, 2.24) is 4.90 Å². The molecule has 1 heterocycles. The zero-order chi connectivity index (χ0) is 22.1. The average Bonchev–Trinajstić information content (AvgIpc) is 3.16. The SMILES string of the molecule is CC(=O)CN(Cc1ccc2sc(C(C)=O)cc2c1)C(=O)C1CCc2cc(O)ccc2C1. The smallest absolute Gasteiger partial charge is 0.226 e. The molecule has 0 spiro atoms. The Labute approximate surface area is 185 Å². The molecule has 0 aliphatic heterocycles. The van der Waals surface area contributed by atoms with Crippen LogP contribution in [-0.2, 0) is 29.0 Å². The van der Waals surface area contributed by atoms with Crippen LogP contribution >= 0.6 is 11.3 Å². The number of carbonyl (C=O) groups is 3. The molecule has 2 aromatic carbocycles. The van der Waals surface area contributed by atoms with Gasteiger partial charge in [0.15, 0.2) is 5.78 Å². The average molecular weight is 436 g/mol. The van der Waals surface area contributed by atoms with Crippen LogP contribution in [0.4, 0.5) is 0 Å². The Morgan fingerprint density at radius 1 is 1.06 bits per heavy atom. The third kappa shape index (κ3) is 4.69. The van der Waals surface area contributed by atoms with E-state index in [1.165, 1.54) is 18.3 Å². The summed E-state index contributed by atoms with van der Waals surface area (Å²) in [5.74, 6) is 0.0554. The number of Topliss-reactive ketones (excluding diaryl/α,β-unsaturated/α-hetero) is 2. The van der Waals surface area contributed by atoms with Gasteiger partial charge in [0.2, 0.25) is 5.91 Å². The lowest BCUT2D eigenvalue weighted by Gasteiger charge is -2.30. The molecule has 0 saturated carbocycles. The summed E-state index contributed by atoms with van der Waals surface area (Å²) in [6, 6.07) is 13.1. The van der Waals surface area contributed by atoms with Crippen LogP contribution in [0.15, 0.2) is 42.5 Å². The number of phenols is 1. The van der Waals surface area contributed by atoms with Crippen LogP contribution in [0, 0.1) is 5.92 Å². The number of hydrogen-bond acceptors (Lipinski definition) is 5. The lowest BCUT2D eigenvalue weighted by atomic mass is 9.83. The maximum Gasteiger partial charge on any atom is 0.226 e. The van der Waals surface area contributed by atoms with E-state index in [-0.39, 0.29) is 35.7 Å². The first-order valence-electron chi connectivity index (χ1n) is 10.4. The molecule has 1 aromatic heterocycles. The van der Waals surface area contributed by atoms with Crippen molar-refractivity contribution in [2.75, 3.05) is 6.54 Å². The zero-order valence-corrected chi connectivity index (χ0v) is 18.5. The molecule has 1 N–H and O–H groups in total. The van der Waals surface area contributed by atoms with Gasteiger partial charge in [-0.2, -0.15) is 0 Å². The standard InChI is InChI=1S/C25H25NO4S/c1-15(27)13-26(14-17-3-8-23-21(9-17)12-24(31-23)16(2)28)25(30)20-5-4-19-11-22(29)7-6-18(19)10-20/h3,6-9,11-12,20,29H,4-5,10,13-14H2,1-2H3. The maximum atomic E-state index is 13.4. The van der Waals surface area contributed by atoms with Gasteiger partial charge in [-0.05, 0) is 85.5 Å². The molecule has 6 heteroatoms. The van der Waals surface area contributed by atoms with Crippen molar-refractivity contribution in [1.29, 1.82) is 0 Å². The summed E-state index contributed by atoms with van der Waals surface area (Å²) >= 11 is 1.47. The first-order valence-corrected chi connectivity index (χ1v) is 11.2. The number of carbonyl (C=O) groups excluding carboxylic acids is 3. The highest BCUT2D eigenvalue weighted by atomic mass is 32.1. The van der Waals surface area contributed by atoms with Gasteiger partial charge in [0.25, 0.3) is 0 Å². The largest absolute Gasteiger partial charge is 0.508 e. The quantitative estimate of drug-likeness (QED) is 0.577. The van der Waals surface area contributed by atoms with Gasteiger partial charge in [-0.3, -0.25) is 14.4 Å². The molecule has 160 valence electrons. The number of fused-ring (bicyclic) bond motifs is 2. The number of benzene rings is 2. The van der Waals surface area contributed by atoms with Crippen LogP contribution in [0.2, 0.25) is 0 Å². The van der Waals surface area contributed by atoms with Crippen LogP contribution in [0.3, 0.4) is 0 Å². The minimum absolute atomic E-state index is 0.0104. The molecule has 4 rings (SSSR count). The second-order valence-electron chi connectivity index (χ2n) is 8.33. The van der Waals surface area contributed by atoms with Crippen molar-refractivity contribution >= 4 is 38.9 Å². The van der Waals surface area contributed by atoms with Gasteiger partial charge in [0.05, 0.1) is 11.4 Å². The monoisotopic (exact) mass is 435 g/mol. The van der Waals surface area contributed by atoms with Crippen LogP contribution in [0.1, 0.15) is 46.6 Å². The third-order valence-electron chi connectivity index (χ3n) is 5.79. The molecule has 1 unspecified atom stereocenters. The van der Waals surface area contributed by atoms with E-state index in [4.69, 9.17) is 0 Å². The Morgan fingerprint density at radius 2 is 1.87 bits per heavy atom. The molecule has 0 saturated heterocycles. The molecule has 1 amide bonds. The lowest BCUT2D eigenvalue weighted by Crippen LogP contribution is -2.40. The predicted octanol–water partition coefficient (Wildman–Crippen LogP) is 4.53. The Morgan fingerprint density at radius 3 is 2.61 bits per heavy atom. The zero-order valence-electron chi connectivity index (χ0n) is 17.7. The van der Waals surface area contributed by atoms with Crippen LogP contribution < -0.4 is 0 Å². The van der Waals surface area contributed by atoms with Crippen molar-refractivity contribution < 1.29 is 19.5 Å². The molecule has 3 aromatic rings. The van der Waals surface area contributed by atoms with E-state index in [2.05, 4.69) is 0 Å². The summed E-state index contributed by atoms with van der Waals surface area (Å²) in [4.78, 5) is 39.3. The van der Waals surface area contributed by atoms with Crippen LogP contribution in [0.5, 0.6) is 5.75 Å². The fourth-order valence-corrected chi connectivity index (χ4v) is 5.21. The molecule has 0 fully saturated rings. The van der Waals surface area contributed by atoms with E-state index in [0.29, 0.717) is 19.4 Å². The van der Waals surface area contributed by atoms with Crippen molar-refractivity contribution in [2.45, 2.75) is 39.7 Å². The minimum atomic E-state index is -0.175. The van der Waals surface area contributed by atoms with E-state index < -0.39 is 0 Å². The van der Waals surface area contributed by atoms with Crippen molar-refractivity contribution in [3.63, 3.8) is 0 Å². The summed E-state index contributed by atoms with van der Waals surface area (Å²) in [7, 11) is 0. The number of aromatic hydroxyl groups is 1. The van der Waals surface area contributed by atoms with E-state index in [1.807, 2.05) is 30.3 Å². The number of aryl methyl sites for hydroxylation is 1. The number of hydrogen-bond donors (Lipinski definition) is 1. The van der Waals surface area contributed by atoms with Crippen molar-refractivity contribution in [3.8, 4) is 5.75 Å². The molecular weight excluding hydrogens is 410 g/mol. The molecule has 1 aliphatic carbocycles. The number of phenolic OH excluding ortho intramolecular Hbond substituents is 1. The number of amides is 1. The normalized spacial score (nSPS) is 15.5. The van der Waals surface area contributed by atoms with E-state index >= 15 is 0 Å². The fourth-order valence-electron chi connectivity index (χ4n) is 4.28. The van der Waals surface area contributed by atoms with Crippen molar-refractivity contribution in [3.05, 3.63) is 64.0 Å². The third-order valence-corrected chi connectivity index (χ3v) is 7.01. The van der Waals surface area contributed by atoms with Gasteiger partial charge in [0.1, 0.15) is 11.5 Å². The maximum absolute atomic E-state index is 13.4. The van der Waals surface area contributed by atoms with Gasteiger partial charge in [-0.15, -0.1) is 11.3 Å². The molecule has 1 atom stereocenters. The number of ketones is 2. The Balaban J connectivity index is 1.55. The number of nitrogens with zero attached hydrogens (tertiary/aromatic N) is 1. The molecule has 0 bridgehead atoms. The van der Waals surface area contributed by atoms with E-state index in [1.54, 1.807) is 24.0 Å². The summed E-state index contributed by atoms with van der Waals surface area (Å²) < 4.78 is 1.03. The highest BCUT2D eigenvalue weighted by Crippen LogP contribution is 2.31. The molecular formula is C25H25NO4S. The Kier molecular flexibility index (Phi) is 5.92. The van der Waals surface area contributed by atoms with Gasteiger partial charge in [-0.25, -0.2) is 0 Å². The van der Waals surface area contributed by atoms with Gasteiger partial charge < -0.3 is 10.0 Å². The van der Waals surface area contributed by atoms with Gasteiger partial charge >= 0.3 is 0 Å². The topological polar surface area (TPSA) is 74.7 Å². The van der Waals surface area contributed by atoms with E-state index in [9.17, 15) is 19.5 Å². The van der Waals surface area contributed by atoms with Crippen LogP contribution in [-0.4, -0.2) is 34.0 Å². The fraction of sp³-hybridized carbons (Fsp3) is 0.320. The van der Waals surface area contributed by atoms with Crippen LogP contribution in [0.25, 0.3) is 10.1 Å². The van der Waals surface area contributed by atoms with E-state index in [0.717, 1.165) is 38.1 Å². The summed E-state index contributed by atoms with van der Waals surface area (Å²) in [5, 5.41) is 10.7. The molecule has 0 radical (unpaired) electrons. The number of rotatable bonds is 6. The highest BCUT2D eigenvalue weighted by molar-refractivity contribution is 7.20. The highest BCUT2D eigenvalue weighted by Gasteiger charge is 2.29. The molecule has 5 nitrogen and oxygen atoms in total. The Bertz CT molecular complexity index is 1180. The molecule has 31 heavy (non-hydrogen) atoms.